The fourth-order valence-electron chi connectivity index (χ4n) is 1.72. The van der Waals surface area contributed by atoms with E-state index in [1.807, 2.05) is 27.7 Å². The molecule has 14 heavy (non-hydrogen) atoms. The molecule has 0 N–H and O–H groups in total. The van der Waals surface area contributed by atoms with Crippen LogP contribution in [0, 0.1) is 27.7 Å². The van der Waals surface area contributed by atoms with Crippen LogP contribution in [-0.4, -0.2) is 12.6 Å². The summed E-state index contributed by atoms with van der Waals surface area (Å²) in [5, 5.41) is 0. The van der Waals surface area contributed by atoms with E-state index in [1.165, 1.54) is 0 Å². The standard InChI is InChI=1S/C12H14O2/c1-7-8(2)12(6-14)10(4)9(3)11(7)5-13/h5-6H,1-4H3. The van der Waals surface area contributed by atoms with Crippen molar-refractivity contribution in [3.8, 4) is 0 Å². The van der Waals surface area contributed by atoms with Crippen LogP contribution in [0.5, 0.6) is 0 Å². The Bertz CT molecular complexity index is 335. The number of hydrogen-bond donors (Lipinski definition) is 0. The first-order valence-electron chi connectivity index (χ1n) is 4.55. The molecule has 0 unspecified atom stereocenters. The molecule has 0 aliphatic rings. The summed E-state index contributed by atoms with van der Waals surface area (Å²) in [4.78, 5) is 21.7. The van der Waals surface area contributed by atoms with Crippen LogP contribution >= 0.6 is 0 Å². The van der Waals surface area contributed by atoms with Gasteiger partial charge in [0.05, 0.1) is 0 Å². The molecule has 1 rings (SSSR count). The van der Waals surface area contributed by atoms with Gasteiger partial charge in [0.2, 0.25) is 0 Å². The van der Waals surface area contributed by atoms with Crippen LogP contribution in [0.1, 0.15) is 43.0 Å². The molecule has 0 atom stereocenters. The molecule has 0 aliphatic carbocycles. The van der Waals surface area contributed by atoms with E-state index in [2.05, 4.69) is 0 Å². The molecular formula is C12H14O2. The summed E-state index contributed by atoms with van der Waals surface area (Å²) >= 11 is 0. The summed E-state index contributed by atoms with van der Waals surface area (Å²) in [6.45, 7) is 7.49. The van der Waals surface area contributed by atoms with Gasteiger partial charge < -0.3 is 0 Å². The molecule has 0 spiro atoms. The minimum atomic E-state index is 0.714. The number of carbonyl (C=O) groups is 2. The highest BCUT2D eigenvalue weighted by Gasteiger charge is 2.12. The third kappa shape index (κ3) is 1.37. The summed E-state index contributed by atoms with van der Waals surface area (Å²) in [7, 11) is 0. The largest absolute Gasteiger partial charge is 0.298 e. The third-order valence-electron chi connectivity index (χ3n) is 2.98. The number of rotatable bonds is 2. The molecule has 0 saturated heterocycles. The van der Waals surface area contributed by atoms with Crippen LogP contribution in [-0.2, 0) is 0 Å². The fraction of sp³-hybridized carbons (Fsp3) is 0.333. The first-order chi connectivity index (χ1) is 6.54. The molecule has 2 nitrogen and oxygen atoms in total. The lowest BCUT2D eigenvalue weighted by Gasteiger charge is -2.13. The van der Waals surface area contributed by atoms with Gasteiger partial charge in [-0.15, -0.1) is 0 Å². The van der Waals surface area contributed by atoms with Crippen LogP contribution in [0.3, 0.4) is 0 Å². The molecule has 0 aromatic heterocycles. The van der Waals surface area contributed by atoms with Gasteiger partial charge in [0.15, 0.2) is 12.6 Å². The zero-order valence-corrected chi connectivity index (χ0v) is 8.97. The smallest absolute Gasteiger partial charge is 0.150 e. The molecular weight excluding hydrogens is 176 g/mol. The van der Waals surface area contributed by atoms with E-state index < -0.39 is 0 Å². The first kappa shape index (κ1) is 10.6. The second-order valence-electron chi connectivity index (χ2n) is 3.56. The van der Waals surface area contributed by atoms with E-state index in [0.717, 1.165) is 34.8 Å². The fourth-order valence-corrected chi connectivity index (χ4v) is 1.72. The maximum atomic E-state index is 10.9. The van der Waals surface area contributed by atoms with Crippen molar-refractivity contribution < 1.29 is 9.59 Å². The number of aldehydes is 2. The molecule has 0 amide bonds. The number of benzene rings is 1. The Morgan fingerprint density at radius 1 is 0.643 bits per heavy atom. The summed E-state index contributed by atoms with van der Waals surface area (Å²) in [5.41, 5.74) is 5.06. The van der Waals surface area contributed by atoms with E-state index in [9.17, 15) is 9.59 Å². The molecule has 0 heterocycles. The van der Waals surface area contributed by atoms with E-state index >= 15 is 0 Å². The van der Waals surface area contributed by atoms with E-state index in [-0.39, 0.29) is 0 Å². The van der Waals surface area contributed by atoms with Gasteiger partial charge in [0.1, 0.15) is 0 Å². The molecule has 0 bridgehead atoms. The SMILES string of the molecule is Cc1c(C)c(C=O)c(C)c(C)c1C=O. The summed E-state index contributed by atoms with van der Waals surface area (Å²) in [6, 6.07) is 0. The maximum absolute atomic E-state index is 10.9. The van der Waals surface area contributed by atoms with Crippen LogP contribution in [0.25, 0.3) is 0 Å². The number of carbonyl (C=O) groups excluding carboxylic acids is 2. The van der Waals surface area contributed by atoms with Crippen molar-refractivity contribution in [3.05, 3.63) is 33.4 Å². The average molecular weight is 190 g/mol. The first-order valence-corrected chi connectivity index (χ1v) is 4.55. The zero-order valence-electron chi connectivity index (χ0n) is 8.97. The van der Waals surface area contributed by atoms with Gasteiger partial charge in [0.25, 0.3) is 0 Å². The highest BCUT2D eigenvalue weighted by molar-refractivity contribution is 5.88. The summed E-state index contributed by atoms with van der Waals surface area (Å²) in [6.07, 6.45) is 1.72. The van der Waals surface area contributed by atoms with Crippen molar-refractivity contribution in [1.29, 1.82) is 0 Å². The normalized spacial score (nSPS) is 10.0. The Morgan fingerprint density at radius 3 is 1.00 bits per heavy atom. The van der Waals surface area contributed by atoms with Gasteiger partial charge in [0, 0.05) is 11.1 Å². The molecule has 0 saturated carbocycles. The molecule has 74 valence electrons. The van der Waals surface area contributed by atoms with Crippen LogP contribution in [0.2, 0.25) is 0 Å². The Balaban J connectivity index is 3.71. The maximum Gasteiger partial charge on any atom is 0.150 e. The molecule has 1 aromatic carbocycles. The average Bonchev–Trinajstić information content (AvgIpc) is 2.17. The molecule has 2 heteroatoms. The summed E-state index contributed by atoms with van der Waals surface area (Å²) in [5.74, 6) is 0. The zero-order chi connectivity index (χ0) is 10.9. The van der Waals surface area contributed by atoms with Gasteiger partial charge in [-0.2, -0.15) is 0 Å². The molecule has 0 radical (unpaired) electrons. The minimum absolute atomic E-state index is 0.714. The number of hydrogen-bond acceptors (Lipinski definition) is 2. The van der Waals surface area contributed by atoms with Crippen LogP contribution < -0.4 is 0 Å². The van der Waals surface area contributed by atoms with Crippen molar-refractivity contribution in [2.75, 3.05) is 0 Å². The second-order valence-corrected chi connectivity index (χ2v) is 3.56. The van der Waals surface area contributed by atoms with Gasteiger partial charge in [-0.3, -0.25) is 9.59 Å². The van der Waals surface area contributed by atoms with Gasteiger partial charge in [-0.1, -0.05) is 0 Å². The van der Waals surface area contributed by atoms with Gasteiger partial charge in [-0.25, -0.2) is 0 Å². The predicted octanol–water partition coefficient (Wildman–Crippen LogP) is 2.55. The highest BCUT2D eigenvalue weighted by atomic mass is 16.1. The van der Waals surface area contributed by atoms with Crippen molar-refractivity contribution in [1.82, 2.24) is 0 Å². The Morgan fingerprint density at radius 2 is 0.857 bits per heavy atom. The lowest BCUT2D eigenvalue weighted by molar-refractivity contribution is 0.111. The highest BCUT2D eigenvalue weighted by Crippen LogP contribution is 2.23. The third-order valence-corrected chi connectivity index (χ3v) is 2.98. The second kappa shape index (κ2) is 3.74. The Hall–Kier alpha value is -1.44. The lowest BCUT2D eigenvalue weighted by Crippen LogP contribution is -2.03. The van der Waals surface area contributed by atoms with Crippen LogP contribution in [0.4, 0.5) is 0 Å². The van der Waals surface area contributed by atoms with E-state index in [0.29, 0.717) is 11.1 Å². The van der Waals surface area contributed by atoms with Crippen molar-refractivity contribution in [2.45, 2.75) is 27.7 Å². The van der Waals surface area contributed by atoms with Crippen molar-refractivity contribution in [2.24, 2.45) is 0 Å². The van der Waals surface area contributed by atoms with E-state index in [1.54, 1.807) is 0 Å². The molecule has 1 aromatic rings. The summed E-state index contributed by atoms with van der Waals surface area (Å²) < 4.78 is 0. The lowest BCUT2D eigenvalue weighted by atomic mass is 9.90. The van der Waals surface area contributed by atoms with E-state index in [4.69, 9.17) is 0 Å². The predicted molar refractivity (Wildman–Crippen MR) is 56.2 cm³/mol. The molecule has 0 aliphatic heterocycles. The van der Waals surface area contributed by atoms with Gasteiger partial charge >= 0.3 is 0 Å². The molecule has 0 fully saturated rings. The topological polar surface area (TPSA) is 34.1 Å². The quantitative estimate of drug-likeness (QED) is 0.671. The van der Waals surface area contributed by atoms with Crippen molar-refractivity contribution >= 4 is 12.6 Å². The monoisotopic (exact) mass is 190 g/mol. The Labute approximate surface area is 83.9 Å². The van der Waals surface area contributed by atoms with Crippen molar-refractivity contribution in [3.63, 3.8) is 0 Å². The van der Waals surface area contributed by atoms with Gasteiger partial charge in [-0.05, 0) is 49.9 Å². The van der Waals surface area contributed by atoms with Crippen LogP contribution in [0.15, 0.2) is 0 Å². The Kier molecular flexibility index (Phi) is 2.84. The minimum Gasteiger partial charge on any atom is -0.298 e.